The molecule has 0 aliphatic rings. The predicted octanol–water partition coefficient (Wildman–Crippen LogP) is 4.39. The maximum atomic E-state index is 12.4. The van der Waals surface area contributed by atoms with Crippen LogP contribution in [-0.2, 0) is 4.79 Å². The van der Waals surface area contributed by atoms with E-state index in [1.54, 1.807) is 12.1 Å². The highest BCUT2D eigenvalue weighted by atomic mass is 35.5. The molecule has 2 aromatic rings. The molecule has 0 aromatic heterocycles. The molecule has 2 aromatic carbocycles. The minimum Gasteiger partial charge on any atom is -0.491 e. The second-order valence-electron chi connectivity index (χ2n) is 5.93. The van der Waals surface area contributed by atoms with Crippen LogP contribution in [0.2, 0.25) is 5.02 Å². The summed E-state index contributed by atoms with van der Waals surface area (Å²) in [7, 11) is 0. The van der Waals surface area contributed by atoms with Crippen LogP contribution in [0.3, 0.4) is 0 Å². The summed E-state index contributed by atoms with van der Waals surface area (Å²) in [5.41, 5.74) is 1.06. The van der Waals surface area contributed by atoms with Crippen molar-refractivity contribution < 1.29 is 14.3 Å². The lowest BCUT2D eigenvalue weighted by molar-refractivity contribution is -0.128. The fourth-order valence-corrected chi connectivity index (χ4v) is 2.51. The van der Waals surface area contributed by atoms with Gasteiger partial charge in [0.25, 0.3) is 5.91 Å². The monoisotopic (exact) mass is 361 g/mol. The van der Waals surface area contributed by atoms with Crippen LogP contribution in [-0.4, -0.2) is 24.7 Å². The van der Waals surface area contributed by atoms with Crippen LogP contribution in [0.4, 0.5) is 0 Å². The van der Waals surface area contributed by atoms with E-state index in [0.29, 0.717) is 23.8 Å². The lowest BCUT2D eigenvalue weighted by atomic mass is 10.2. The summed E-state index contributed by atoms with van der Waals surface area (Å²) in [5.74, 6) is 1.15. The first-order valence-electron chi connectivity index (χ1n) is 8.41. The molecule has 0 fully saturated rings. The predicted molar refractivity (Wildman–Crippen MR) is 100 cm³/mol. The molecular weight excluding hydrogens is 338 g/mol. The molecule has 5 heteroatoms. The molecule has 25 heavy (non-hydrogen) atoms. The van der Waals surface area contributed by atoms with E-state index in [1.165, 1.54) is 0 Å². The molecule has 1 N–H and O–H groups in total. The summed E-state index contributed by atoms with van der Waals surface area (Å²) in [4.78, 5) is 12.4. The Morgan fingerprint density at radius 1 is 1.12 bits per heavy atom. The Labute approximate surface area is 154 Å². The molecular formula is C20H24ClNO3. The number of halogens is 1. The molecule has 0 aliphatic carbocycles. The smallest absolute Gasteiger partial charge is 0.261 e. The van der Waals surface area contributed by atoms with Crippen molar-refractivity contribution in [3.63, 3.8) is 0 Å². The molecule has 0 unspecified atom stereocenters. The Hall–Kier alpha value is -2.20. The van der Waals surface area contributed by atoms with Gasteiger partial charge in [-0.2, -0.15) is 0 Å². The van der Waals surface area contributed by atoms with E-state index >= 15 is 0 Å². The zero-order valence-electron chi connectivity index (χ0n) is 14.8. The van der Waals surface area contributed by atoms with Crippen LogP contribution in [0.5, 0.6) is 11.5 Å². The summed E-state index contributed by atoms with van der Waals surface area (Å²) in [6, 6.07) is 14.8. The Morgan fingerprint density at radius 2 is 1.76 bits per heavy atom. The lowest BCUT2D eigenvalue weighted by Crippen LogP contribution is -2.44. The number of nitrogens with one attached hydrogen (secondary N) is 1. The molecule has 0 radical (unpaired) electrons. The third kappa shape index (κ3) is 5.68. The number of ether oxygens (including phenoxy) is 2. The van der Waals surface area contributed by atoms with Crippen LogP contribution in [0.15, 0.2) is 48.5 Å². The van der Waals surface area contributed by atoms with Gasteiger partial charge >= 0.3 is 0 Å². The molecule has 1 amide bonds. The van der Waals surface area contributed by atoms with Crippen molar-refractivity contribution >= 4 is 17.5 Å². The third-order valence-electron chi connectivity index (χ3n) is 3.74. The normalized spacial score (nSPS) is 13.0. The molecule has 2 rings (SSSR count). The van der Waals surface area contributed by atoms with E-state index < -0.39 is 6.10 Å². The van der Waals surface area contributed by atoms with Gasteiger partial charge < -0.3 is 14.8 Å². The largest absolute Gasteiger partial charge is 0.491 e. The van der Waals surface area contributed by atoms with E-state index in [1.807, 2.05) is 57.2 Å². The molecule has 0 saturated heterocycles. The van der Waals surface area contributed by atoms with Gasteiger partial charge in [0.2, 0.25) is 0 Å². The van der Waals surface area contributed by atoms with Gasteiger partial charge in [-0.1, -0.05) is 48.9 Å². The number of hydrogen-bond acceptors (Lipinski definition) is 3. The molecule has 4 nitrogen and oxygen atoms in total. The van der Waals surface area contributed by atoms with Crippen LogP contribution in [0, 0.1) is 6.92 Å². The zero-order chi connectivity index (χ0) is 18.2. The molecule has 134 valence electrons. The first-order chi connectivity index (χ1) is 12.0. The molecule has 0 bridgehead atoms. The summed E-state index contributed by atoms with van der Waals surface area (Å²) < 4.78 is 11.5. The van der Waals surface area contributed by atoms with Gasteiger partial charge in [-0.3, -0.25) is 4.79 Å². The summed E-state index contributed by atoms with van der Waals surface area (Å²) in [5, 5.41) is 3.42. The average molecular weight is 362 g/mol. The Morgan fingerprint density at radius 3 is 2.40 bits per heavy atom. The molecule has 0 aliphatic heterocycles. The molecule has 0 saturated carbocycles. The zero-order valence-corrected chi connectivity index (χ0v) is 15.5. The number of aryl methyl sites for hydroxylation is 1. The van der Waals surface area contributed by atoms with Gasteiger partial charge in [0.15, 0.2) is 6.10 Å². The maximum absolute atomic E-state index is 12.4. The SMILES string of the molecule is CC[C@@H](Oc1ccccc1Cl)C(=O)N[C@@H](C)COc1ccccc1C. The number of para-hydroxylation sites is 2. The lowest BCUT2D eigenvalue weighted by Gasteiger charge is -2.21. The van der Waals surface area contributed by atoms with Crippen molar-refractivity contribution in [1.29, 1.82) is 0 Å². The van der Waals surface area contributed by atoms with Crippen LogP contribution < -0.4 is 14.8 Å². The summed E-state index contributed by atoms with van der Waals surface area (Å²) in [6.45, 7) is 6.18. The highest BCUT2D eigenvalue weighted by Gasteiger charge is 2.21. The van der Waals surface area contributed by atoms with Gasteiger partial charge in [0.05, 0.1) is 11.1 Å². The van der Waals surface area contributed by atoms with Gasteiger partial charge in [0.1, 0.15) is 18.1 Å². The number of carbonyl (C=O) groups excluding carboxylic acids is 1. The van der Waals surface area contributed by atoms with Crippen molar-refractivity contribution in [2.45, 2.75) is 39.3 Å². The van der Waals surface area contributed by atoms with Gasteiger partial charge in [-0.05, 0) is 44.0 Å². The average Bonchev–Trinajstić information content (AvgIpc) is 2.60. The quantitative estimate of drug-likeness (QED) is 0.758. The third-order valence-corrected chi connectivity index (χ3v) is 4.05. The highest BCUT2D eigenvalue weighted by Crippen LogP contribution is 2.25. The molecule has 2 atom stereocenters. The number of benzene rings is 2. The Bertz CT molecular complexity index is 705. The van der Waals surface area contributed by atoms with Gasteiger partial charge in [-0.25, -0.2) is 0 Å². The fraction of sp³-hybridized carbons (Fsp3) is 0.350. The highest BCUT2D eigenvalue weighted by molar-refractivity contribution is 6.32. The molecule has 0 heterocycles. The molecule has 0 spiro atoms. The topological polar surface area (TPSA) is 47.6 Å². The Kier molecular flexibility index (Phi) is 7.14. The number of amides is 1. The van der Waals surface area contributed by atoms with Crippen LogP contribution in [0.1, 0.15) is 25.8 Å². The first kappa shape index (κ1) is 19.1. The van der Waals surface area contributed by atoms with Crippen molar-refractivity contribution in [3.8, 4) is 11.5 Å². The number of hydrogen-bond donors (Lipinski definition) is 1. The van der Waals surface area contributed by atoms with Crippen molar-refractivity contribution in [1.82, 2.24) is 5.32 Å². The van der Waals surface area contributed by atoms with Crippen molar-refractivity contribution in [2.75, 3.05) is 6.61 Å². The second kappa shape index (κ2) is 9.33. The maximum Gasteiger partial charge on any atom is 0.261 e. The summed E-state index contributed by atoms with van der Waals surface area (Å²) >= 11 is 6.09. The standard InChI is InChI=1S/C20H24ClNO3/c1-4-17(25-19-12-8-6-10-16(19)21)20(23)22-15(3)13-24-18-11-7-5-9-14(18)2/h5-12,15,17H,4,13H2,1-3H3,(H,22,23)/t15-,17+/m0/s1. The van der Waals surface area contributed by atoms with E-state index in [9.17, 15) is 4.79 Å². The number of carbonyl (C=O) groups is 1. The van der Waals surface area contributed by atoms with Crippen LogP contribution >= 0.6 is 11.6 Å². The first-order valence-corrected chi connectivity index (χ1v) is 8.79. The second-order valence-corrected chi connectivity index (χ2v) is 6.34. The van der Waals surface area contributed by atoms with Gasteiger partial charge in [-0.15, -0.1) is 0 Å². The number of rotatable bonds is 8. The minimum atomic E-state index is -0.596. The van der Waals surface area contributed by atoms with Crippen molar-refractivity contribution in [3.05, 3.63) is 59.1 Å². The summed E-state index contributed by atoms with van der Waals surface area (Å²) in [6.07, 6.45) is -0.0524. The minimum absolute atomic E-state index is 0.143. The van der Waals surface area contributed by atoms with Crippen molar-refractivity contribution in [2.24, 2.45) is 0 Å². The Balaban J connectivity index is 1.88. The fourth-order valence-electron chi connectivity index (χ4n) is 2.33. The van der Waals surface area contributed by atoms with Crippen LogP contribution in [0.25, 0.3) is 0 Å². The van der Waals surface area contributed by atoms with E-state index in [-0.39, 0.29) is 11.9 Å². The van der Waals surface area contributed by atoms with Gasteiger partial charge in [0, 0.05) is 0 Å². The van der Waals surface area contributed by atoms with E-state index in [2.05, 4.69) is 5.32 Å². The van der Waals surface area contributed by atoms with E-state index in [0.717, 1.165) is 11.3 Å². The van der Waals surface area contributed by atoms with E-state index in [4.69, 9.17) is 21.1 Å².